The first-order chi connectivity index (χ1) is 14.0. The van der Waals surface area contributed by atoms with Gasteiger partial charge in [0.25, 0.3) is 5.89 Å². The standard InChI is InChI=1S/C23H22N2O4/c1-4-5-17-12-21(26)28-20-13-18(10-11-19(17)20)27-15(3)22-24-25-23(29-22)16-8-6-14(2)7-9-16/h6-13,15H,4-5H2,1-3H3. The van der Waals surface area contributed by atoms with Gasteiger partial charge in [-0.3, -0.25) is 0 Å². The number of hydrogen-bond acceptors (Lipinski definition) is 6. The van der Waals surface area contributed by atoms with Gasteiger partial charge in [-0.15, -0.1) is 10.2 Å². The van der Waals surface area contributed by atoms with Crippen molar-refractivity contribution in [2.45, 2.75) is 39.7 Å². The fraction of sp³-hybridized carbons (Fsp3) is 0.261. The van der Waals surface area contributed by atoms with Crippen LogP contribution in [0.1, 0.15) is 43.4 Å². The quantitative estimate of drug-likeness (QED) is 0.419. The highest BCUT2D eigenvalue weighted by Gasteiger charge is 2.17. The molecule has 1 unspecified atom stereocenters. The highest BCUT2D eigenvalue weighted by molar-refractivity contribution is 5.81. The van der Waals surface area contributed by atoms with E-state index in [9.17, 15) is 4.79 Å². The highest BCUT2D eigenvalue weighted by Crippen LogP contribution is 2.28. The number of benzene rings is 2. The normalized spacial score (nSPS) is 12.2. The monoisotopic (exact) mass is 390 g/mol. The van der Waals surface area contributed by atoms with Gasteiger partial charge in [0, 0.05) is 23.1 Å². The van der Waals surface area contributed by atoms with Crippen LogP contribution in [0, 0.1) is 6.92 Å². The molecule has 29 heavy (non-hydrogen) atoms. The molecule has 0 aliphatic carbocycles. The summed E-state index contributed by atoms with van der Waals surface area (Å²) in [7, 11) is 0. The van der Waals surface area contributed by atoms with Gasteiger partial charge in [0.1, 0.15) is 11.3 Å². The van der Waals surface area contributed by atoms with E-state index < -0.39 is 6.10 Å². The Kier molecular flexibility index (Phi) is 5.16. The summed E-state index contributed by atoms with van der Waals surface area (Å²) >= 11 is 0. The molecule has 2 aromatic carbocycles. The van der Waals surface area contributed by atoms with Crippen molar-refractivity contribution in [3.05, 3.63) is 76.0 Å². The first kappa shape index (κ1) is 18.9. The molecule has 2 heterocycles. The molecule has 1 atom stereocenters. The van der Waals surface area contributed by atoms with Gasteiger partial charge >= 0.3 is 5.63 Å². The van der Waals surface area contributed by atoms with Crippen LogP contribution in [0.25, 0.3) is 22.4 Å². The zero-order valence-corrected chi connectivity index (χ0v) is 16.6. The Morgan fingerprint density at radius 3 is 2.59 bits per heavy atom. The largest absolute Gasteiger partial charge is 0.481 e. The van der Waals surface area contributed by atoms with Crippen LogP contribution in [0.5, 0.6) is 5.75 Å². The molecule has 0 saturated carbocycles. The van der Waals surface area contributed by atoms with Crippen LogP contribution in [0.15, 0.2) is 62.2 Å². The maximum Gasteiger partial charge on any atom is 0.336 e. The summed E-state index contributed by atoms with van der Waals surface area (Å²) in [6.45, 7) is 5.94. The summed E-state index contributed by atoms with van der Waals surface area (Å²) < 4.78 is 17.1. The van der Waals surface area contributed by atoms with E-state index in [-0.39, 0.29) is 5.63 Å². The second-order valence-electron chi connectivity index (χ2n) is 7.07. The molecule has 2 aromatic heterocycles. The van der Waals surface area contributed by atoms with E-state index in [4.69, 9.17) is 13.6 Å². The lowest BCUT2D eigenvalue weighted by atomic mass is 10.1. The Balaban J connectivity index is 1.57. The third-order valence-electron chi connectivity index (χ3n) is 4.72. The zero-order chi connectivity index (χ0) is 20.4. The third kappa shape index (κ3) is 4.06. The molecule has 6 heteroatoms. The minimum absolute atomic E-state index is 0.356. The molecule has 0 N–H and O–H groups in total. The molecule has 0 aliphatic rings. The van der Waals surface area contributed by atoms with Crippen molar-refractivity contribution in [1.29, 1.82) is 0 Å². The molecule has 0 amide bonds. The minimum Gasteiger partial charge on any atom is -0.481 e. The molecule has 148 valence electrons. The molecule has 0 bridgehead atoms. The van der Waals surface area contributed by atoms with Crippen molar-refractivity contribution in [2.75, 3.05) is 0 Å². The van der Waals surface area contributed by atoms with Gasteiger partial charge in [-0.1, -0.05) is 31.0 Å². The van der Waals surface area contributed by atoms with Crippen LogP contribution in [0.4, 0.5) is 0 Å². The molecule has 0 aliphatic heterocycles. The van der Waals surface area contributed by atoms with Gasteiger partial charge in [0.15, 0.2) is 6.10 Å². The summed E-state index contributed by atoms with van der Waals surface area (Å²) in [6.07, 6.45) is 1.32. The number of fused-ring (bicyclic) bond motifs is 1. The van der Waals surface area contributed by atoms with E-state index in [0.29, 0.717) is 23.1 Å². The first-order valence-corrected chi connectivity index (χ1v) is 9.67. The Labute approximate surface area is 168 Å². The highest BCUT2D eigenvalue weighted by atomic mass is 16.5. The van der Waals surface area contributed by atoms with Gasteiger partial charge in [0.2, 0.25) is 5.89 Å². The van der Waals surface area contributed by atoms with Crippen LogP contribution in [-0.4, -0.2) is 10.2 Å². The van der Waals surface area contributed by atoms with Crippen molar-refractivity contribution >= 4 is 11.0 Å². The summed E-state index contributed by atoms with van der Waals surface area (Å²) in [5.74, 6) is 1.39. The number of rotatable bonds is 6. The topological polar surface area (TPSA) is 78.4 Å². The minimum atomic E-state index is -0.454. The molecule has 6 nitrogen and oxygen atoms in total. The van der Waals surface area contributed by atoms with E-state index in [2.05, 4.69) is 17.1 Å². The van der Waals surface area contributed by atoms with Crippen molar-refractivity contribution in [3.63, 3.8) is 0 Å². The molecule has 0 saturated heterocycles. The Morgan fingerprint density at radius 1 is 1.03 bits per heavy atom. The van der Waals surface area contributed by atoms with E-state index in [1.807, 2.05) is 50.2 Å². The fourth-order valence-electron chi connectivity index (χ4n) is 3.23. The van der Waals surface area contributed by atoms with Crippen molar-refractivity contribution in [2.24, 2.45) is 0 Å². The third-order valence-corrected chi connectivity index (χ3v) is 4.72. The van der Waals surface area contributed by atoms with E-state index in [1.165, 1.54) is 0 Å². The molecule has 0 radical (unpaired) electrons. The summed E-state index contributed by atoms with van der Waals surface area (Å²) in [5, 5.41) is 9.15. The molecular weight excluding hydrogens is 368 g/mol. The van der Waals surface area contributed by atoms with Crippen molar-refractivity contribution in [3.8, 4) is 17.2 Å². The van der Waals surface area contributed by atoms with Gasteiger partial charge < -0.3 is 13.6 Å². The number of aromatic nitrogens is 2. The van der Waals surface area contributed by atoms with Crippen LogP contribution in [0.3, 0.4) is 0 Å². The molecule has 0 spiro atoms. The fourth-order valence-corrected chi connectivity index (χ4v) is 3.23. The lowest BCUT2D eigenvalue weighted by Crippen LogP contribution is -2.04. The summed E-state index contributed by atoms with van der Waals surface area (Å²) in [6, 6.07) is 14.9. The number of ether oxygens (including phenoxy) is 1. The maximum absolute atomic E-state index is 11.9. The Morgan fingerprint density at radius 2 is 1.83 bits per heavy atom. The van der Waals surface area contributed by atoms with Crippen molar-refractivity contribution in [1.82, 2.24) is 10.2 Å². The van der Waals surface area contributed by atoms with Crippen LogP contribution < -0.4 is 10.4 Å². The van der Waals surface area contributed by atoms with E-state index >= 15 is 0 Å². The number of hydrogen-bond donors (Lipinski definition) is 0. The predicted octanol–water partition coefficient (Wildman–Crippen LogP) is 5.24. The average Bonchev–Trinajstić information content (AvgIpc) is 3.19. The number of nitrogens with zero attached hydrogens (tertiary/aromatic N) is 2. The number of aryl methyl sites for hydroxylation is 2. The smallest absolute Gasteiger partial charge is 0.336 e. The molecule has 4 rings (SSSR count). The average molecular weight is 390 g/mol. The van der Waals surface area contributed by atoms with Crippen LogP contribution >= 0.6 is 0 Å². The molecule has 4 aromatic rings. The Hall–Kier alpha value is -3.41. The molecule has 0 fully saturated rings. The van der Waals surface area contributed by atoms with Crippen LogP contribution in [-0.2, 0) is 6.42 Å². The van der Waals surface area contributed by atoms with Crippen molar-refractivity contribution < 1.29 is 13.6 Å². The van der Waals surface area contributed by atoms with E-state index in [0.717, 1.165) is 34.9 Å². The first-order valence-electron chi connectivity index (χ1n) is 9.67. The Bertz CT molecular complexity index is 1190. The zero-order valence-electron chi connectivity index (χ0n) is 16.6. The SMILES string of the molecule is CCCc1cc(=O)oc2cc(OC(C)c3nnc(-c4ccc(C)cc4)o3)ccc12. The van der Waals surface area contributed by atoms with Gasteiger partial charge in [-0.25, -0.2) is 4.79 Å². The van der Waals surface area contributed by atoms with Gasteiger partial charge in [-0.05, 0) is 50.1 Å². The molecular formula is C23H22N2O4. The lowest BCUT2D eigenvalue weighted by molar-refractivity contribution is 0.189. The second-order valence-corrected chi connectivity index (χ2v) is 7.07. The summed E-state index contributed by atoms with van der Waals surface area (Å²) in [5.41, 5.74) is 3.16. The predicted molar refractivity (Wildman–Crippen MR) is 110 cm³/mol. The second kappa shape index (κ2) is 7.91. The van der Waals surface area contributed by atoms with Gasteiger partial charge in [-0.2, -0.15) is 0 Å². The summed E-state index contributed by atoms with van der Waals surface area (Å²) in [4.78, 5) is 11.9. The van der Waals surface area contributed by atoms with Gasteiger partial charge in [0.05, 0.1) is 0 Å². The van der Waals surface area contributed by atoms with E-state index in [1.54, 1.807) is 12.1 Å². The van der Waals surface area contributed by atoms with Crippen LogP contribution in [0.2, 0.25) is 0 Å². The lowest BCUT2D eigenvalue weighted by Gasteiger charge is -2.12. The maximum atomic E-state index is 11.9.